The van der Waals surface area contributed by atoms with E-state index in [1.807, 2.05) is 25.3 Å². The van der Waals surface area contributed by atoms with Crippen molar-refractivity contribution < 1.29 is 4.52 Å². The first-order chi connectivity index (χ1) is 8.34. The van der Waals surface area contributed by atoms with Crippen molar-refractivity contribution in [3.63, 3.8) is 0 Å². The third-order valence-electron chi connectivity index (χ3n) is 3.16. The third-order valence-corrected chi connectivity index (χ3v) is 3.16. The van der Waals surface area contributed by atoms with Crippen LogP contribution < -0.4 is 5.32 Å². The summed E-state index contributed by atoms with van der Waals surface area (Å²) in [5, 5.41) is 7.39. The normalized spacial score (nSPS) is 24.1. The minimum atomic E-state index is 0.252. The molecule has 2 atom stereocenters. The van der Waals surface area contributed by atoms with Crippen LogP contribution in [0.2, 0.25) is 0 Å². The van der Waals surface area contributed by atoms with Gasteiger partial charge in [0.25, 0.3) is 0 Å². The van der Waals surface area contributed by atoms with Crippen LogP contribution in [0.1, 0.15) is 29.2 Å². The monoisotopic (exact) mass is 230 g/mol. The molecule has 1 aliphatic rings. The van der Waals surface area contributed by atoms with Crippen LogP contribution in [0.5, 0.6) is 0 Å². The highest BCUT2D eigenvalue weighted by atomic mass is 16.5. The molecule has 0 amide bonds. The van der Waals surface area contributed by atoms with Gasteiger partial charge in [-0.25, -0.2) is 0 Å². The third kappa shape index (κ3) is 1.93. The molecule has 88 valence electrons. The van der Waals surface area contributed by atoms with E-state index in [2.05, 4.69) is 26.5 Å². The summed E-state index contributed by atoms with van der Waals surface area (Å²) in [4.78, 5) is 8.74. The van der Waals surface area contributed by atoms with E-state index in [-0.39, 0.29) is 5.92 Å². The Morgan fingerprint density at radius 3 is 2.88 bits per heavy atom. The topological polar surface area (TPSA) is 63.8 Å². The first kappa shape index (κ1) is 10.4. The zero-order chi connectivity index (χ0) is 11.7. The number of aryl methyl sites for hydroxylation is 1. The van der Waals surface area contributed by atoms with E-state index in [1.165, 1.54) is 0 Å². The summed E-state index contributed by atoms with van der Waals surface area (Å²) in [6, 6.07) is 6.00. The average molecular weight is 230 g/mol. The summed E-state index contributed by atoms with van der Waals surface area (Å²) in [7, 11) is 0. The lowest BCUT2D eigenvalue weighted by atomic mass is 9.92. The number of nitrogens with one attached hydrogen (secondary N) is 1. The van der Waals surface area contributed by atoms with Gasteiger partial charge in [0.1, 0.15) is 0 Å². The average Bonchev–Trinajstić information content (AvgIpc) is 2.98. The van der Waals surface area contributed by atoms with Gasteiger partial charge < -0.3 is 9.84 Å². The second kappa shape index (κ2) is 4.25. The lowest BCUT2D eigenvalue weighted by molar-refractivity contribution is 0.382. The van der Waals surface area contributed by atoms with Crippen LogP contribution in [0.15, 0.2) is 28.9 Å². The van der Waals surface area contributed by atoms with E-state index >= 15 is 0 Å². The molecule has 0 unspecified atom stereocenters. The van der Waals surface area contributed by atoms with Crippen LogP contribution in [0.25, 0.3) is 0 Å². The second-order valence-corrected chi connectivity index (χ2v) is 4.30. The van der Waals surface area contributed by atoms with Crippen molar-refractivity contribution in [1.29, 1.82) is 0 Å². The lowest BCUT2D eigenvalue weighted by Gasteiger charge is -2.14. The molecule has 5 nitrogen and oxygen atoms in total. The molecule has 0 spiro atoms. The van der Waals surface area contributed by atoms with E-state index in [9.17, 15) is 0 Å². The van der Waals surface area contributed by atoms with Crippen molar-refractivity contribution >= 4 is 0 Å². The molecule has 5 heteroatoms. The van der Waals surface area contributed by atoms with E-state index in [0.29, 0.717) is 11.8 Å². The Labute approximate surface area is 99.3 Å². The molecule has 1 N–H and O–H groups in total. The predicted octanol–water partition coefficient (Wildman–Crippen LogP) is 1.24. The van der Waals surface area contributed by atoms with Gasteiger partial charge in [0.15, 0.2) is 5.82 Å². The second-order valence-electron chi connectivity index (χ2n) is 4.30. The first-order valence-corrected chi connectivity index (χ1v) is 5.76. The summed E-state index contributed by atoms with van der Waals surface area (Å²) in [5.41, 5.74) is 1.09. The van der Waals surface area contributed by atoms with Crippen molar-refractivity contribution in [3.05, 3.63) is 41.8 Å². The van der Waals surface area contributed by atoms with Crippen LogP contribution in [0, 0.1) is 6.92 Å². The fourth-order valence-corrected chi connectivity index (χ4v) is 2.32. The van der Waals surface area contributed by atoms with Gasteiger partial charge in [-0.15, -0.1) is 0 Å². The number of rotatable bonds is 2. The summed E-state index contributed by atoms with van der Waals surface area (Å²) in [6.45, 7) is 3.60. The highest BCUT2D eigenvalue weighted by Gasteiger charge is 2.33. The Hall–Kier alpha value is -1.75. The molecule has 3 heterocycles. The molecular formula is C12H14N4O. The van der Waals surface area contributed by atoms with E-state index in [0.717, 1.165) is 24.6 Å². The van der Waals surface area contributed by atoms with Crippen LogP contribution in [-0.4, -0.2) is 28.2 Å². The number of hydrogen-bond donors (Lipinski definition) is 1. The van der Waals surface area contributed by atoms with Gasteiger partial charge in [0, 0.05) is 43.7 Å². The minimum Gasteiger partial charge on any atom is -0.340 e. The summed E-state index contributed by atoms with van der Waals surface area (Å²) in [6.07, 6.45) is 1.83. The highest BCUT2D eigenvalue weighted by molar-refractivity contribution is 5.19. The Morgan fingerprint density at radius 1 is 1.29 bits per heavy atom. The number of hydrogen-bond acceptors (Lipinski definition) is 5. The van der Waals surface area contributed by atoms with Crippen LogP contribution >= 0.6 is 0 Å². The zero-order valence-corrected chi connectivity index (χ0v) is 9.63. The molecule has 0 aromatic carbocycles. The van der Waals surface area contributed by atoms with Gasteiger partial charge in [-0.2, -0.15) is 4.98 Å². The number of aromatic nitrogens is 3. The molecular weight excluding hydrogens is 216 g/mol. The van der Waals surface area contributed by atoms with E-state index < -0.39 is 0 Å². The SMILES string of the molecule is Cc1nc([C@H]2CNC[C@H]2c2ccccn2)no1. The molecule has 1 aliphatic heterocycles. The van der Waals surface area contributed by atoms with Crippen LogP contribution in [0.4, 0.5) is 0 Å². The summed E-state index contributed by atoms with van der Waals surface area (Å²) in [5.74, 6) is 1.98. The Bertz CT molecular complexity index is 496. The van der Waals surface area contributed by atoms with Gasteiger partial charge in [-0.05, 0) is 12.1 Å². The van der Waals surface area contributed by atoms with Crippen LogP contribution in [-0.2, 0) is 0 Å². The van der Waals surface area contributed by atoms with Crippen LogP contribution in [0.3, 0.4) is 0 Å². The smallest absolute Gasteiger partial charge is 0.223 e. The molecule has 0 bridgehead atoms. The van der Waals surface area contributed by atoms with Crippen molar-refractivity contribution in [2.75, 3.05) is 13.1 Å². The first-order valence-electron chi connectivity index (χ1n) is 5.76. The molecule has 3 rings (SSSR count). The van der Waals surface area contributed by atoms with Crippen molar-refractivity contribution in [1.82, 2.24) is 20.4 Å². The fourth-order valence-electron chi connectivity index (χ4n) is 2.32. The predicted molar refractivity (Wildman–Crippen MR) is 61.6 cm³/mol. The van der Waals surface area contributed by atoms with Crippen molar-refractivity contribution in [2.45, 2.75) is 18.8 Å². The molecule has 2 aromatic rings. The van der Waals surface area contributed by atoms with Gasteiger partial charge in [-0.1, -0.05) is 11.2 Å². The highest BCUT2D eigenvalue weighted by Crippen LogP contribution is 2.33. The molecule has 0 aliphatic carbocycles. The minimum absolute atomic E-state index is 0.252. The maximum absolute atomic E-state index is 5.05. The summed E-state index contributed by atoms with van der Waals surface area (Å²) < 4.78 is 5.05. The number of pyridine rings is 1. The number of nitrogens with zero attached hydrogens (tertiary/aromatic N) is 3. The fraction of sp³-hybridized carbons (Fsp3) is 0.417. The summed E-state index contributed by atoms with van der Waals surface area (Å²) >= 11 is 0. The van der Waals surface area contributed by atoms with E-state index in [1.54, 1.807) is 0 Å². The Kier molecular flexibility index (Phi) is 2.60. The zero-order valence-electron chi connectivity index (χ0n) is 9.63. The molecule has 1 saturated heterocycles. The molecule has 0 radical (unpaired) electrons. The Balaban J connectivity index is 1.90. The van der Waals surface area contributed by atoms with Crippen molar-refractivity contribution in [2.24, 2.45) is 0 Å². The van der Waals surface area contributed by atoms with Gasteiger partial charge >= 0.3 is 0 Å². The standard InChI is InChI=1S/C12H14N4O/c1-8-15-12(16-17-8)10-7-13-6-9(10)11-4-2-3-5-14-11/h2-5,9-10,13H,6-7H2,1H3/t9-,10+/m1/s1. The quantitative estimate of drug-likeness (QED) is 0.841. The van der Waals surface area contributed by atoms with Gasteiger partial charge in [0.05, 0.1) is 0 Å². The Morgan fingerprint density at radius 2 is 2.18 bits per heavy atom. The molecule has 1 fully saturated rings. The van der Waals surface area contributed by atoms with Crippen molar-refractivity contribution in [3.8, 4) is 0 Å². The largest absolute Gasteiger partial charge is 0.340 e. The lowest BCUT2D eigenvalue weighted by Crippen LogP contribution is -2.11. The molecule has 2 aromatic heterocycles. The maximum atomic E-state index is 5.05. The molecule has 17 heavy (non-hydrogen) atoms. The van der Waals surface area contributed by atoms with E-state index in [4.69, 9.17) is 4.52 Å². The maximum Gasteiger partial charge on any atom is 0.223 e. The van der Waals surface area contributed by atoms with Gasteiger partial charge in [0.2, 0.25) is 5.89 Å². The van der Waals surface area contributed by atoms with Gasteiger partial charge in [-0.3, -0.25) is 4.98 Å². The molecule has 0 saturated carbocycles.